The third-order valence-electron chi connectivity index (χ3n) is 4.52. The standard InChI is InChI=1S/C20H19N3O3/c1-25-18-9-14(15-10-19(24)22-20-16(15)11-21-23-20)7-8-17(18)26-12-13-5-3-2-4-6-13/h2-9,11,15H,10,12H2,1H3,(H2,21,22,23,24). The first-order valence-electron chi connectivity index (χ1n) is 8.43. The summed E-state index contributed by atoms with van der Waals surface area (Å²) < 4.78 is 11.4. The summed E-state index contributed by atoms with van der Waals surface area (Å²) in [6.45, 7) is 0.467. The SMILES string of the molecule is COc1cc(C2CC(=O)Nc3n[nH]cc32)ccc1OCc1ccccc1. The minimum atomic E-state index is -0.0606. The van der Waals surface area contributed by atoms with Crippen LogP contribution in [0, 0.1) is 0 Å². The average Bonchev–Trinajstić information content (AvgIpc) is 3.14. The molecule has 0 spiro atoms. The molecule has 2 N–H and O–H groups in total. The van der Waals surface area contributed by atoms with E-state index in [1.54, 1.807) is 7.11 Å². The second-order valence-electron chi connectivity index (χ2n) is 6.18. The highest BCUT2D eigenvalue weighted by atomic mass is 16.5. The minimum Gasteiger partial charge on any atom is -0.493 e. The Morgan fingerprint density at radius 2 is 2.00 bits per heavy atom. The molecule has 0 fully saturated rings. The number of H-pyrrole nitrogens is 1. The maximum Gasteiger partial charge on any atom is 0.226 e. The lowest BCUT2D eigenvalue weighted by molar-refractivity contribution is -0.116. The quantitative estimate of drug-likeness (QED) is 0.739. The maximum absolute atomic E-state index is 12.0. The summed E-state index contributed by atoms with van der Waals surface area (Å²) in [6.07, 6.45) is 2.20. The number of amides is 1. The highest BCUT2D eigenvalue weighted by molar-refractivity contribution is 5.94. The summed E-state index contributed by atoms with van der Waals surface area (Å²) in [4.78, 5) is 12.0. The molecule has 0 aliphatic carbocycles. The second kappa shape index (κ2) is 6.92. The van der Waals surface area contributed by atoms with Gasteiger partial charge in [-0.2, -0.15) is 5.10 Å². The molecule has 0 saturated heterocycles. The first-order chi connectivity index (χ1) is 12.7. The van der Waals surface area contributed by atoms with E-state index in [-0.39, 0.29) is 11.8 Å². The van der Waals surface area contributed by atoms with Crippen molar-refractivity contribution in [3.63, 3.8) is 0 Å². The van der Waals surface area contributed by atoms with Crippen molar-refractivity contribution in [2.45, 2.75) is 18.9 Å². The molecule has 1 unspecified atom stereocenters. The molecule has 1 amide bonds. The fraction of sp³-hybridized carbons (Fsp3) is 0.200. The molecule has 0 radical (unpaired) electrons. The zero-order chi connectivity index (χ0) is 17.9. The van der Waals surface area contributed by atoms with Crippen molar-refractivity contribution in [3.8, 4) is 11.5 Å². The van der Waals surface area contributed by atoms with E-state index in [1.807, 2.05) is 54.7 Å². The van der Waals surface area contributed by atoms with Crippen LogP contribution in [0.4, 0.5) is 5.82 Å². The monoisotopic (exact) mass is 349 g/mol. The van der Waals surface area contributed by atoms with Crippen molar-refractivity contribution in [1.29, 1.82) is 0 Å². The Hall–Kier alpha value is -3.28. The first kappa shape index (κ1) is 16.2. The highest BCUT2D eigenvalue weighted by Crippen LogP contribution is 2.39. The summed E-state index contributed by atoms with van der Waals surface area (Å²) in [6, 6.07) is 15.8. The number of hydrogen-bond acceptors (Lipinski definition) is 4. The molecule has 6 nitrogen and oxygen atoms in total. The predicted molar refractivity (Wildman–Crippen MR) is 97.4 cm³/mol. The Bertz CT molecular complexity index is 921. The number of benzene rings is 2. The summed E-state index contributed by atoms with van der Waals surface area (Å²) >= 11 is 0. The van der Waals surface area contributed by atoms with Gasteiger partial charge in [0, 0.05) is 24.1 Å². The molecule has 6 heteroatoms. The Morgan fingerprint density at radius 1 is 1.15 bits per heavy atom. The molecule has 4 rings (SSSR count). The Labute approximate surface area is 151 Å². The summed E-state index contributed by atoms with van der Waals surface area (Å²) in [5.74, 6) is 1.81. The Balaban J connectivity index is 1.59. The number of nitrogens with one attached hydrogen (secondary N) is 2. The zero-order valence-electron chi connectivity index (χ0n) is 14.4. The summed E-state index contributed by atoms with van der Waals surface area (Å²) in [7, 11) is 1.62. The molecule has 0 saturated carbocycles. The largest absolute Gasteiger partial charge is 0.493 e. The zero-order valence-corrected chi connectivity index (χ0v) is 14.4. The van der Waals surface area contributed by atoms with Gasteiger partial charge in [0.2, 0.25) is 5.91 Å². The van der Waals surface area contributed by atoms with Gasteiger partial charge in [-0.05, 0) is 23.3 Å². The van der Waals surface area contributed by atoms with E-state index < -0.39 is 0 Å². The van der Waals surface area contributed by atoms with Crippen LogP contribution in [0.3, 0.4) is 0 Å². The van der Waals surface area contributed by atoms with Gasteiger partial charge < -0.3 is 14.8 Å². The van der Waals surface area contributed by atoms with E-state index in [2.05, 4.69) is 15.5 Å². The van der Waals surface area contributed by atoms with Gasteiger partial charge in [-0.1, -0.05) is 36.4 Å². The van der Waals surface area contributed by atoms with Crippen LogP contribution in [0.25, 0.3) is 0 Å². The van der Waals surface area contributed by atoms with Crippen molar-refractivity contribution in [2.24, 2.45) is 0 Å². The van der Waals surface area contributed by atoms with E-state index in [0.717, 1.165) is 16.7 Å². The number of fused-ring (bicyclic) bond motifs is 1. The van der Waals surface area contributed by atoms with Crippen LogP contribution in [0.2, 0.25) is 0 Å². The lowest BCUT2D eigenvalue weighted by atomic mass is 9.87. The topological polar surface area (TPSA) is 76.2 Å². The molecule has 132 valence electrons. The fourth-order valence-electron chi connectivity index (χ4n) is 3.20. The lowest BCUT2D eigenvalue weighted by Gasteiger charge is -2.23. The van der Waals surface area contributed by atoms with Crippen molar-refractivity contribution in [1.82, 2.24) is 10.2 Å². The highest BCUT2D eigenvalue weighted by Gasteiger charge is 2.29. The lowest BCUT2D eigenvalue weighted by Crippen LogP contribution is -2.23. The van der Waals surface area contributed by atoms with Crippen LogP contribution in [-0.4, -0.2) is 23.2 Å². The Kier molecular flexibility index (Phi) is 4.31. The van der Waals surface area contributed by atoms with Gasteiger partial charge in [0.1, 0.15) is 6.61 Å². The third-order valence-corrected chi connectivity index (χ3v) is 4.52. The number of methoxy groups -OCH3 is 1. The molecule has 3 aromatic rings. The van der Waals surface area contributed by atoms with Crippen LogP contribution >= 0.6 is 0 Å². The minimum absolute atomic E-state index is 0.0435. The Morgan fingerprint density at radius 3 is 2.81 bits per heavy atom. The number of aromatic nitrogens is 2. The third kappa shape index (κ3) is 3.13. The van der Waals surface area contributed by atoms with E-state index in [1.165, 1.54) is 0 Å². The number of rotatable bonds is 5. The fourth-order valence-corrected chi connectivity index (χ4v) is 3.20. The van der Waals surface area contributed by atoms with Crippen molar-refractivity contribution in [3.05, 3.63) is 71.4 Å². The number of carbonyl (C=O) groups is 1. The van der Waals surface area contributed by atoms with E-state index in [0.29, 0.717) is 30.3 Å². The van der Waals surface area contributed by atoms with Crippen LogP contribution in [0.1, 0.15) is 29.0 Å². The molecule has 1 aliphatic heterocycles. The van der Waals surface area contributed by atoms with E-state index in [4.69, 9.17) is 9.47 Å². The van der Waals surface area contributed by atoms with E-state index in [9.17, 15) is 4.79 Å². The normalized spacial score (nSPS) is 15.9. The van der Waals surface area contributed by atoms with Gasteiger partial charge in [-0.15, -0.1) is 0 Å². The summed E-state index contributed by atoms with van der Waals surface area (Å²) in [5.41, 5.74) is 3.06. The number of carbonyl (C=O) groups excluding carboxylic acids is 1. The van der Waals surface area contributed by atoms with Crippen LogP contribution in [0.5, 0.6) is 11.5 Å². The molecule has 0 bridgehead atoms. The molecule has 1 aliphatic rings. The van der Waals surface area contributed by atoms with Gasteiger partial charge in [-0.3, -0.25) is 9.89 Å². The molecule has 26 heavy (non-hydrogen) atoms. The van der Waals surface area contributed by atoms with Crippen LogP contribution in [0.15, 0.2) is 54.7 Å². The average molecular weight is 349 g/mol. The van der Waals surface area contributed by atoms with Gasteiger partial charge in [0.15, 0.2) is 17.3 Å². The molecule has 1 atom stereocenters. The number of hydrogen-bond donors (Lipinski definition) is 2. The van der Waals surface area contributed by atoms with Gasteiger partial charge in [-0.25, -0.2) is 0 Å². The van der Waals surface area contributed by atoms with Crippen molar-refractivity contribution in [2.75, 3.05) is 12.4 Å². The van der Waals surface area contributed by atoms with E-state index >= 15 is 0 Å². The summed E-state index contributed by atoms with van der Waals surface area (Å²) in [5, 5.41) is 9.69. The van der Waals surface area contributed by atoms with Crippen LogP contribution < -0.4 is 14.8 Å². The molecular weight excluding hydrogens is 330 g/mol. The number of nitrogens with zero attached hydrogens (tertiary/aromatic N) is 1. The van der Waals surface area contributed by atoms with Crippen molar-refractivity contribution < 1.29 is 14.3 Å². The molecular formula is C20H19N3O3. The predicted octanol–water partition coefficient (Wildman–Crippen LogP) is 3.47. The first-order valence-corrected chi connectivity index (χ1v) is 8.43. The van der Waals surface area contributed by atoms with Gasteiger partial charge in [0.05, 0.1) is 7.11 Å². The van der Waals surface area contributed by atoms with Gasteiger partial charge in [0.25, 0.3) is 0 Å². The molecule has 1 aromatic heterocycles. The molecule has 2 heterocycles. The second-order valence-corrected chi connectivity index (χ2v) is 6.18. The van der Waals surface area contributed by atoms with Gasteiger partial charge >= 0.3 is 0 Å². The smallest absolute Gasteiger partial charge is 0.226 e. The van der Waals surface area contributed by atoms with Crippen LogP contribution in [-0.2, 0) is 11.4 Å². The number of aromatic amines is 1. The number of ether oxygens (including phenoxy) is 2. The molecule has 2 aromatic carbocycles. The maximum atomic E-state index is 12.0. The number of anilines is 1. The van der Waals surface area contributed by atoms with Crippen molar-refractivity contribution >= 4 is 11.7 Å².